The summed E-state index contributed by atoms with van der Waals surface area (Å²) in [5.41, 5.74) is 4.36. The molecule has 3 aromatic heterocycles. The SMILES string of the molecule is COCc1ccc(CNC(=O)c2cc(-c3ccc(C)s3)nc3onc(C)c23)cc1. The van der Waals surface area contributed by atoms with Crippen molar-refractivity contribution >= 4 is 28.3 Å². The third kappa shape index (κ3) is 4.06. The van der Waals surface area contributed by atoms with Crippen molar-refractivity contribution in [2.24, 2.45) is 0 Å². The van der Waals surface area contributed by atoms with Gasteiger partial charge in [-0.25, -0.2) is 4.98 Å². The minimum absolute atomic E-state index is 0.181. The van der Waals surface area contributed by atoms with Crippen molar-refractivity contribution in [1.29, 1.82) is 0 Å². The first-order valence-corrected chi connectivity index (χ1v) is 10.1. The number of carbonyl (C=O) groups is 1. The Morgan fingerprint density at radius 2 is 1.90 bits per heavy atom. The third-order valence-electron chi connectivity index (χ3n) is 4.64. The Labute approximate surface area is 172 Å². The standard InChI is InChI=1S/C22H21N3O3S/c1-13-4-9-19(29-13)18-10-17(20-14(2)25-28-22(20)24-18)21(26)23-11-15-5-7-16(8-6-15)12-27-3/h4-10H,11-12H2,1-3H3,(H,23,26). The normalized spacial score (nSPS) is 11.1. The molecule has 148 valence electrons. The highest BCUT2D eigenvalue weighted by Gasteiger charge is 2.19. The van der Waals surface area contributed by atoms with Crippen LogP contribution < -0.4 is 5.32 Å². The summed E-state index contributed by atoms with van der Waals surface area (Å²) in [4.78, 5) is 19.7. The maximum Gasteiger partial charge on any atom is 0.259 e. The summed E-state index contributed by atoms with van der Waals surface area (Å²) in [5.74, 6) is -0.181. The molecule has 4 aromatic rings. The van der Waals surface area contributed by atoms with Crippen LogP contribution in [0.3, 0.4) is 0 Å². The van der Waals surface area contributed by atoms with Crippen LogP contribution in [-0.4, -0.2) is 23.2 Å². The maximum atomic E-state index is 13.0. The molecular formula is C22H21N3O3S. The molecule has 6 nitrogen and oxygen atoms in total. The van der Waals surface area contributed by atoms with Gasteiger partial charge in [-0.1, -0.05) is 29.4 Å². The van der Waals surface area contributed by atoms with E-state index in [0.717, 1.165) is 16.0 Å². The first-order chi connectivity index (χ1) is 14.0. The van der Waals surface area contributed by atoms with Gasteiger partial charge in [0.15, 0.2) is 0 Å². The Bertz CT molecular complexity index is 1160. The van der Waals surface area contributed by atoms with E-state index in [1.807, 2.05) is 56.3 Å². The molecule has 0 fully saturated rings. The van der Waals surface area contributed by atoms with Crippen molar-refractivity contribution in [2.45, 2.75) is 27.0 Å². The van der Waals surface area contributed by atoms with E-state index in [0.29, 0.717) is 41.2 Å². The fourth-order valence-electron chi connectivity index (χ4n) is 3.17. The van der Waals surface area contributed by atoms with Crippen LogP contribution in [0.25, 0.3) is 21.7 Å². The zero-order valence-electron chi connectivity index (χ0n) is 16.5. The average Bonchev–Trinajstić information content (AvgIpc) is 3.33. The summed E-state index contributed by atoms with van der Waals surface area (Å²) < 4.78 is 10.5. The predicted octanol–water partition coefficient (Wildman–Crippen LogP) is 4.64. The van der Waals surface area contributed by atoms with Gasteiger partial charge in [0.05, 0.1) is 33.8 Å². The number of hydrogen-bond donors (Lipinski definition) is 1. The zero-order valence-corrected chi connectivity index (χ0v) is 17.3. The lowest BCUT2D eigenvalue weighted by Crippen LogP contribution is -2.23. The Kier molecular flexibility index (Phi) is 5.42. The smallest absolute Gasteiger partial charge is 0.259 e. The molecule has 0 bridgehead atoms. The van der Waals surface area contributed by atoms with Crippen LogP contribution in [0.2, 0.25) is 0 Å². The molecule has 0 spiro atoms. The Morgan fingerprint density at radius 1 is 1.14 bits per heavy atom. The number of hydrogen-bond acceptors (Lipinski definition) is 6. The molecule has 0 aliphatic carbocycles. The van der Waals surface area contributed by atoms with E-state index < -0.39 is 0 Å². The van der Waals surface area contributed by atoms with Gasteiger partial charge in [0.25, 0.3) is 11.6 Å². The Balaban J connectivity index is 1.61. The molecule has 3 heterocycles. The highest BCUT2D eigenvalue weighted by Crippen LogP contribution is 2.31. The van der Waals surface area contributed by atoms with Gasteiger partial charge in [-0.05, 0) is 43.2 Å². The van der Waals surface area contributed by atoms with E-state index in [9.17, 15) is 4.79 Å². The minimum Gasteiger partial charge on any atom is -0.380 e. The molecule has 0 aliphatic heterocycles. The lowest BCUT2D eigenvalue weighted by atomic mass is 10.1. The minimum atomic E-state index is -0.181. The number of thiophene rings is 1. The molecule has 0 radical (unpaired) electrons. The first kappa shape index (κ1) is 19.3. The number of carbonyl (C=O) groups excluding carboxylic acids is 1. The molecule has 0 aliphatic rings. The number of methoxy groups -OCH3 is 1. The van der Waals surface area contributed by atoms with Gasteiger partial charge in [-0.2, -0.15) is 0 Å². The van der Waals surface area contributed by atoms with Crippen LogP contribution in [0.4, 0.5) is 0 Å². The molecule has 4 rings (SSSR count). The Morgan fingerprint density at radius 3 is 2.59 bits per heavy atom. The van der Waals surface area contributed by atoms with Crippen molar-refractivity contribution in [2.75, 3.05) is 7.11 Å². The van der Waals surface area contributed by atoms with Crippen LogP contribution in [0.15, 0.2) is 47.0 Å². The van der Waals surface area contributed by atoms with Crippen LogP contribution in [0.1, 0.15) is 32.1 Å². The monoisotopic (exact) mass is 407 g/mol. The van der Waals surface area contributed by atoms with Crippen LogP contribution in [0, 0.1) is 13.8 Å². The fraction of sp³-hybridized carbons (Fsp3) is 0.227. The number of aromatic nitrogens is 2. The quantitative estimate of drug-likeness (QED) is 0.504. The fourth-order valence-corrected chi connectivity index (χ4v) is 4.00. The van der Waals surface area contributed by atoms with Gasteiger partial charge in [-0.15, -0.1) is 11.3 Å². The highest BCUT2D eigenvalue weighted by molar-refractivity contribution is 7.15. The number of ether oxygens (including phenoxy) is 1. The molecule has 7 heteroatoms. The average molecular weight is 407 g/mol. The lowest BCUT2D eigenvalue weighted by Gasteiger charge is -2.08. The first-order valence-electron chi connectivity index (χ1n) is 9.24. The van der Waals surface area contributed by atoms with E-state index in [2.05, 4.69) is 15.5 Å². The molecule has 1 aromatic carbocycles. The van der Waals surface area contributed by atoms with E-state index in [4.69, 9.17) is 9.26 Å². The van der Waals surface area contributed by atoms with Crippen LogP contribution in [0.5, 0.6) is 0 Å². The number of fused-ring (bicyclic) bond motifs is 1. The molecule has 1 amide bonds. The van der Waals surface area contributed by atoms with Gasteiger partial charge >= 0.3 is 0 Å². The van der Waals surface area contributed by atoms with E-state index >= 15 is 0 Å². The number of rotatable bonds is 6. The third-order valence-corrected chi connectivity index (χ3v) is 5.66. The molecule has 1 N–H and O–H groups in total. The Hall–Kier alpha value is -3.03. The van der Waals surface area contributed by atoms with Gasteiger partial charge in [0, 0.05) is 18.5 Å². The number of benzene rings is 1. The molecule has 0 saturated heterocycles. The number of pyridine rings is 1. The van der Waals surface area contributed by atoms with E-state index in [1.54, 1.807) is 18.4 Å². The predicted molar refractivity (Wildman–Crippen MR) is 113 cm³/mol. The zero-order chi connectivity index (χ0) is 20.4. The van der Waals surface area contributed by atoms with E-state index in [-0.39, 0.29) is 5.91 Å². The highest BCUT2D eigenvalue weighted by atomic mass is 32.1. The second kappa shape index (κ2) is 8.14. The van der Waals surface area contributed by atoms with Crippen molar-refractivity contribution in [3.63, 3.8) is 0 Å². The van der Waals surface area contributed by atoms with Gasteiger partial charge in [0.2, 0.25) is 0 Å². The molecule has 0 unspecified atom stereocenters. The number of amides is 1. The molecular weight excluding hydrogens is 386 g/mol. The molecule has 0 saturated carbocycles. The topological polar surface area (TPSA) is 77.2 Å². The summed E-state index contributed by atoms with van der Waals surface area (Å²) in [6.07, 6.45) is 0. The maximum absolute atomic E-state index is 13.0. The van der Waals surface area contributed by atoms with Crippen molar-refractivity contribution in [3.8, 4) is 10.6 Å². The number of aryl methyl sites for hydroxylation is 2. The van der Waals surface area contributed by atoms with Crippen LogP contribution in [-0.2, 0) is 17.9 Å². The van der Waals surface area contributed by atoms with Gasteiger partial charge in [0.1, 0.15) is 0 Å². The second-order valence-corrected chi connectivity index (χ2v) is 8.13. The largest absolute Gasteiger partial charge is 0.380 e. The van der Waals surface area contributed by atoms with Gasteiger partial charge in [-0.3, -0.25) is 4.79 Å². The summed E-state index contributed by atoms with van der Waals surface area (Å²) in [6, 6.07) is 13.8. The van der Waals surface area contributed by atoms with Crippen LogP contribution >= 0.6 is 11.3 Å². The summed E-state index contributed by atoms with van der Waals surface area (Å²) in [5, 5.41) is 7.64. The lowest BCUT2D eigenvalue weighted by molar-refractivity contribution is 0.0952. The van der Waals surface area contributed by atoms with Crippen molar-refractivity contribution < 1.29 is 14.1 Å². The van der Waals surface area contributed by atoms with E-state index in [1.165, 1.54) is 4.88 Å². The summed E-state index contributed by atoms with van der Waals surface area (Å²) in [6.45, 7) is 4.84. The summed E-state index contributed by atoms with van der Waals surface area (Å²) >= 11 is 1.63. The van der Waals surface area contributed by atoms with Gasteiger partial charge < -0.3 is 14.6 Å². The molecule has 29 heavy (non-hydrogen) atoms. The van der Waals surface area contributed by atoms with Crippen molar-refractivity contribution in [3.05, 3.63) is 69.7 Å². The second-order valence-electron chi connectivity index (χ2n) is 6.85. The summed E-state index contributed by atoms with van der Waals surface area (Å²) in [7, 11) is 1.67. The van der Waals surface area contributed by atoms with Crippen molar-refractivity contribution in [1.82, 2.24) is 15.5 Å². The molecule has 0 atom stereocenters. The number of nitrogens with zero attached hydrogens (tertiary/aromatic N) is 2. The number of nitrogens with one attached hydrogen (secondary N) is 1.